The summed E-state index contributed by atoms with van der Waals surface area (Å²) in [4.78, 5) is 51.5. The Kier molecular flexibility index (Phi) is 9.81. The molecule has 2 aliphatic rings. The minimum Gasteiger partial charge on any atom is -0.466 e. The molecule has 1 aliphatic carbocycles. The normalized spacial score (nSPS) is 31.1. The summed E-state index contributed by atoms with van der Waals surface area (Å²) in [6, 6.07) is 0. The van der Waals surface area contributed by atoms with Gasteiger partial charge in [-0.2, -0.15) is 0 Å². The Hall–Kier alpha value is -3.02. The quantitative estimate of drug-likeness (QED) is 0.187. The van der Waals surface area contributed by atoms with E-state index in [1.807, 2.05) is 0 Å². The minimum atomic E-state index is -2.39. The molecule has 2 rings (SSSR count). The van der Waals surface area contributed by atoms with Crippen molar-refractivity contribution in [3.63, 3.8) is 0 Å². The number of ether oxygens (including phenoxy) is 4. The van der Waals surface area contributed by atoms with Crippen LogP contribution in [-0.4, -0.2) is 82.4 Å². The summed E-state index contributed by atoms with van der Waals surface area (Å²) in [5.41, 5.74) is -1.88. The van der Waals surface area contributed by atoms with Crippen LogP contribution in [0.25, 0.3) is 0 Å². The number of allylic oxidation sites excluding steroid dienone is 2. The zero-order chi connectivity index (χ0) is 28.2. The lowest BCUT2D eigenvalue weighted by atomic mass is 9.83. The van der Waals surface area contributed by atoms with E-state index in [2.05, 4.69) is 6.58 Å². The van der Waals surface area contributed by atoms with Gasteiger partial charge in [0.15, 0.2) is 17.8 Å². The highest BCUT2D eigenvalue weighted by Gasteiger charge is 2.52. The second-order valence-corrected chi connectivity index (χ2v) is 9.70. The van der Waals surface area contributed by atoms with Gasteiger partial charge in [0.1, 0.15) is 6.10 Å². The third-order valence-corrected chi connectivity index (χ3v) is 6.80. The molecule has 0 aromatic heterocycles. The van der Waals surface area contributed by atoms with Gasteiger partial charge in [0.25, 0.3) is 0 Å². The molecule has 1 fully saturated rings. The first kappa shape index (κ1) is 30.2. The molecule has 206 valence electrons. The second-order valence-electron chi connectivity index (χ2n) is 9.70. The molecule has 0 aromatic carbocycles. The molecule has 11 heteroatoms. The van der Waals surface area contributed by atoms with Crippen LogP contribution in [0.3, 0.4) is 0 Å². The summed E-state index contributed by atoms with van der Waals surface area (Å²) in [6.45, 7) is 10.5. The molecule has 8 atom stereocenters. The van der Waals surface area contributed by atoms with Gasteiger partial charge in [0.2, 0.25) is 0 Å². The molecule has 11 nitrogen and oxygen atoms in total. The van der Waals surface area contributed by atoms with Crippen LogP contribution in [-0.2, 0) is 38.1 Å². The van der Waals surface area contributed by atoms with Gasteiger partial charge in [0, 0.05) is 5.57 Å². The monoisotopic (exact) mass is 524 g/mol. The maximum absolute atomic E-state index is 13.1. The number of carbonyl (C=O) groups excluding carboxylic acids is 4. The van der Waals surface area contributed by atoms with Crippen LogP contribution in [0.5, 0.6) is 0 Å². The average Bonchev–Trinajstić information content (AvgIpc) is 3.09. The van der Waals surface area contributed by atoms with Gasteiger partial charge in [-0.05, 0) is 53.5 Å². The standard InChI is InChI=1S/C26H36O11/c1-12-9-8-10-17(24(31)34-7)20(36-22(29)13(2)15(4)27)21(37-25(32)26(6,33)16(5)28)19-14(3)23(30)35-18(19)11-12/h10-11,13,15-16,18-21,27-28,33H,3,8-9H2,1-2,4-7H3/b12-11+,17-10+/t13-,15+,16+,18-,19+,20+,21+,26+/m1/s1. The highest BCUT2D eigenvalue weighted by molar-refractivity contribution is 5.93. The number of rotatable bonds is 7. The molecule has 1 saturated heterocycles. The first-order chi connectivity index (χ1) is 17.1. The molecule has 0 aromatic rings. The third-order valence-electron chi connectivity index (χ3n) is 6.80. The largest absolute Gasteiger partial charge is 0.466 e. The van der Waals surface area contributed by atoms with Gasteiger partial charge in [-0.15, -0.1) is 0 Å². The molecule has 0 unspecified atom stereocenters. The van der Waals surface area contributed by atoms with Gasteiger partial charge in [0.05, 0.1) is 36.7 Å². The summed E-state index contributed by atoms with van der Waals surface area (Å²) < 4.78 is 21.7. The van der Waals surface area contributed by atoms with Crippen LogP contribution in [0.15, 0.2) is 35.5 Å². The minimum absolute atomic E-state index is 0.113. The van der Waals surface area contributed by atoms with Crippen molar-refractivity contribution in [3.05, 3.63) is 35.5 Å². The Labute approximate surface area is 215 Å². The lowest BCUT2D eigenvalue weighted by Gasteiger charge is -2.36. The van der Waals surface area contributed by atoms with E-state index in [-0.39, 0.29) is 11.1 Å². The van der Waals surface area contributed by atoms with Crippen LogP contribution in [0.2, 0.25) is 0 Å². The van der Waals surface area contributed by atoms with Gasteiger partial charge >= 0.3 is 23.9 Å². The van der Waals surface area contributed by atoms with E-state index < -0.39 is 71.8 Å². The van der Waals surface area contributed by atoms with Crippen molar-refractivity contribution >= 4 is 23.9 Å². The molecule has 1 heterocycles. The van der Waals surface area contributed by atoms with Crippen molar-refractivity contribution < 1.29 is 53.4 Å². The van der Waals surface area contributed by atoms with E-state index in [1.54, 1.807) is 13.0 Å². The van der Waals surface area contributed by atoms with Crippen LogP contribution in [0.1, 0.15) is 47.5 Å². The van der Waals surface area contributed by atoms with E-state index >= 15 is 0 Å². The van der Waals surface area contributed by atoms with Crippen molar-refractivity contribution in [1.29, 1.82) is 0 Å². The molecule has 3 N–H and O–H groups in total. The fraction of sp³-hybridized carbons (Fsp3) is 0.615. The molecule has 0 radical (unpaired) electrons. The highest BCUT2D eigenvalue weighted by atomic mass is 16.6. The number of hydrogen-bond acceptors (Lipinski definition) is 11. The van der Waals surface area contributed by atoms with E-state index in [0.717, 1.165) is 19.6 Å². The molecule has 0 amide bonds. The van der Waals surface area contributed by atoms with Crippen molar-refractivity contribution in [1.82, 2.24) is 0 Å². The second kappa shape index (κ2) is 12.0. The van der Waals surface area contributed by atoms with Gasteiger partial charge in [-0.25, -0.2) is 14.4 Å². The molecule has 0 spiro atoms. The van der Waals surface area contributed by atoms with Crippen molar-refractivity contribution in [2.24, 2.45) is 11.8 Å². The molecular weight excluding hydrogens is 488 g/mol. The number of carbonyl (C=O) groups is 4. The summed E-state index contributed by atoms with van der Waals surface area (Å²) >= 11 is 0. The van der Waals surface area contributed by atoms with Crippen LogP contribution < -0.4 is 0 Å². The maximum atomic E-state index is 13.1. The van der Waals surface area contributed by atoms with E-state index in [9.17, 15) is 34.5 Å². The zero-order valence-electron chi connectivity index (χ0n) is 21.9. The maximum Gasteiger partial charge on any atom is 0.341 e. The highest BCUT2D eigenvalue weighted by Crippen LogP contribution is 2.38. The zero-order valence-corrected chi connectivity index (χ0v) is 21.9. The Morgan fingerprint density at radius 1 is 1.19 bits per heavy atom. The lowest BCUT2D eigenvalue weighted by molar-refractivity contribution is -0.193. The lowest BCUT2D eigenvalue weighted by Crippen LogP contribution is -2.53. The first-order valence-corrected chi connectivity index (χ1v) is 12.0. The van der Waals surface area contributed by atoms with Gasteiger partial charge in [-0.3, -0.25) is 4.79 Å². The fourth-order valence-corrected chi connectivity index (χ4v) is 3.86. The van der Waals surface area contributed by atoms with Crippen molar-refractivity contribution in [2.75, 3.05) is 7.11 Å². The molecular formula is C26H36O11. The number of hydrogen-bond donors (Lipinski definition) is 3. The van der Waals surface area contributed by atoms with Crippen molar-refractivity contribution in [3.8, 4) is 0 Å². The SMILES string of the molecule is C=C1C(=O)O[C@@H]2/C=C(\C)CC/C=C(/C(=O)OC)[C@H](OC(=O)[C@H](C)[C@H](C)O)[C@@H](OC(=O)[C@@](C)(O)[C@H](C)O)[C@@H]12. The Balaban J connectivity index is 2.76. The van der Waals surface area contributed by atoms with E-state index in [0.29, 0.717) is 12.8 Å². The fourth-order valence-electron chi connectivity index (χ4n) is 3.86. The van der Waals surface area contributed by atoms with Crippen molar-refractivity contribution in [2.45, 2.75) is 83.6 Å². The van der Waals surface area contributed by atoms with Gasteiger partial charge < -0.3 is 34.3 Å². The number of aliphatic hydroxyl groups excluding tert-OH is 2. The average molecular weight is 525 g/mol. The molecule has 1 aliphatic heterocycles. The first-order valence-electron chi connectivity index (χ1n) is 12.0. The summed E-state index contributed by atoms with van der Waals surface area (Å²) in [6.07, 6.45) is -3.04. The van der Waals surface area contributed by atoms with E-state index in [4.69, 9.17) is 18.9 Å². The summed E-state index contributed by atoms with van der Waals surface area (Å²) in [7, 11) is 1.12. The topological polar surface area (TPSA) is 166 Å². The molecule has 0 bridgehead atoms. The molecule has 37 heavy (non-hydrogen) atoms. The van der Waals surface area contributed by atoms with E-state index in [1.165, 1.54) is 26.8 Å². The predicted molar refractivity (Wildman–Crippen MR) is 129 cm³/mol. The summed E-state index contributed by atoms with van der Waals surface area (Å²) in [5, 5.41) is 30.4. The van der Waals surface area contributed by atoms with Gasteiger partial charge in [-0.1, -0.05) is 18.2 Å². The third kappa shape index (κ3) is 6.65. The number of aliphatic hydroxyl groups is 3. The Morgan fingerprint density at radius 3 is 2.35 bits per heavy atom. The van der Waals surface area contributed by atoms with Crippen LogP contribution in [0.4, 0.5) is 0 Å². The Bertz CT molecular complexity index is 988. The molecule has 0 saturated carbocycles. The van der Waals surface area contributed by atoms with Crippen LogP contribution in [0, 0.1) is 11.8 Å². The number of esters is 4. The number of methoxy groups -OCH3 is 1. The smallest absolute Gasteiger partial charge is 0.341 e. The number of fused-ring (bicyclic) bond motifs is 1. The Morgan fingerprint density at radius 2 is 1.81 bits per heavy atom. The van der Waals surface area contributed by atoms with Crippen LogP contribution >= 0.6 is 0 Å². The summed E-state index contributed by atoms with van der Waals surface area (Å²) in [5.74, 6) is -6.07. The predicted octanol–water partition coefficient (Wildman–Crippen LogP) is 0.896.